The van der Waals surface area contributed by atoms with Gasteiger partial charge in [-0.15, -0.1) is 4.83 Å². The second-order valence-electron chi connectivity index (χ2n) is 6.54. The zero-order valence-corrected chi connectivity index (χ0v) is 14.3. The molecule has 2 N–H and O–H groups in total. The summed E-state index contributed by atoms with van der Waals surface area (Å²) in [5, 5.41) is 5.31. The molecule has 0 bridgehead atoms. The third kappa shape index (κ3) is 5.17. The van der Waals surface area contributed by atoms with Gasteiger partial charge < -0.3 is 5.32 Å². The van der Waals surface area contributed by atoms with Gasteiger partial charge in [-0.1, -0.05) is 6.42 Å². The van der Waals surface area contributed by atoms with Crippen molar-refractivity contribution >= 4 is 10.2 Å². The molecular formula is C14H30N4O2S. The van der Waals surface area contributed by atoms with E-state index in [1.54, 1.807) is 7.05 Å². The lowest BCUT2D eigenvalue weighted by molar-refractivity contribution is 0.0765. The van der Waals surface area contributed by atoms with E-state index < -0.39 is 10.2 Å². The van der Waals surface area contributed by atoms with E-state index in [0.29, 0.717) is 12.6 Å². The first-order valence-electron chi connectivity index (χ1n) is 8.15. The molecule has 21 heavy (non-hydrogen) atoms. The number of nitrogens with one attached hydrogen (secondary N) is 2. The summed E-state index contributed by atoms with van der Waals surface area (Å²) >= 11 is 0. The van der Waals surface area contributed by atoms with Gasteiger partial charge in [0.1, 0.15) is 0 Å². The smallest absolute Gasteiger partial charge is 0.292 e. The minimum absolute atomic E-state index is 0.258. The van der Waals surface area contributed by atoms with Gasteiger partial charge >= 0.3 is 0 Å². The van der Waals surface area contributed by atoms with Crippen molar-refractivity contribution in [1.82, 2.24) is 19.5 Å². The third-order valence-electron chi connectivity index (χ3n) is 4.48. The van der Waals surface area contributed by atoms with Gasteiger partial charge in [0.05, 0.1) is 0 Å². The van der Waals surface area contributed by atoms with E-state index in [0.717, 1.165) is 25.8 Å². The third-order valence-corrected chi connectivity index (χ3v) is 5.93. The van der Waals surface area contributed by atoms with Crippen LogP contribution in [-0.2, 0) is 10.2 Å². The molecule has 2 fully saturated rings. The highest BCUT2D eigenvalue weighted by Crippen LogP contribution is 2.21. The van der Waals surface area contributed by atoms with Crippen LogP contribution in [-0.4, -0.2) is 56.0 Å². The normalized spacial score (nSPS) is 28.2. The number of nitrogens with zero attached hydrogens (tertiary/aromatic N) is 2. The maximum absolute atomic E-state index is 12.4. The lowest BCUT2D eigenvalue weighted by Crippen LogP contribution is -2.56. The quantitative estimate of drug-likeness (QED) is 0.657. The van der Waals surface area contributed by atoms with E-state index >= 15 is 0 Å². The van der Waals surface area contributed by atoms with Crippen LogP contribution in [0.2, 0.25) is 0 Å². The van der Waals surface area contributed by atoms with Crippen LogP contribution in [0.25, 0.3) is 0 Å². The number of rotatable bonds is 8. The summed E-state index contributed by atoms with van der Waals surface area (Å²) in [5.74, 6) is 0. The molecule has 0 aromatic rings. The molecule has 0 aromatic carbocycles. The van der Waals surface area contributed by atoms with Crippen molar-refractivity contribution in [1.29, 1.82) is 0 Å². The molecule has 0 amide bonds. The van der Waals surface area contributed by atoms with Crippen LogP contribution in [0.5, 0.6) is 0 Å². The summed E-state index contributed by atoms with van der Waals surface area (Å²) in [5.41, 5.74) is 0. The molecular weight excluding hydrogens is 288 g/mol. The Morgan fingerprint density at radius 1 is 1.14 bits per heavy atom. The number of hydrogen-bond donors (Lipinski definition) is 2. The lowest BCUT2D eigenvalue weighted by Gasteiger charge is -2.39. The Bertz CT molecular complexity index is 415. The van der Waals surface area contributed by atoms with Crippen LogP contribution >= 0.6 is 0 Å². The van der Waals surface area contributed by atoms with E-state index in [1.807, 2.05) is 5.01 Å². The van der Waals surface area contributed by atoms with E-state index in [9.17, 15) is 8.42 Å². The summed E-state index contributed by atoms with van der Waals surface area (Å²) in [6.07, 6.45) is 6.63. The first-order valence-corrected chi connectivity index (χ1v) is 9.59. The highest BCUT2D eigenvalue weighted by molar-refractivity contribution is 7.87. The summed E-state index contributed by atoms with van der Waals surface area (Å²) in [4.78, 5) is 2.77. The molecule has 1 aliphatic carbocycles. The molecule has 1 heterocycles. The van der Waals surface area contributed by atoms with Crippen LogP contribution in [0, 0.1) is 0 Å². The summed E-state index contributed by atoms with van der Waals surface area (Å²) in [7, 11) is -1.78. The largest absolute Gasteiger partial charge is 0.314 e. The van der Waals surface area contributed by atoms with Gasteiger partial charge in [-0.25, -0.2) is 5.01 Å². The Hall–Kier alpha value is -0.210. The van der Waals surface area contributed by atoms with Gasteiger partial charge in [0.15, 0.2) is 0 Å². The SMILES string of the molecule is CC1CCCC(C)N1NS(=O)(=O)N(C)CCCNC1CC1. The predicted molar refractivity (Wildman–Crippen MR) is 84.9 cm³/mol. The van der Waals surface area contributed by atoms with E-state index in [-0.39, 0.29) is 12.1 Å². The van der Waals surface area contributed by atoms with Gasteiger partial charge in [-0.3, -0.25) is 0 Å². The second-order valence-corrected chi connectivity index (χ2v) is 8.29. The molecule has 0 radical (unpaired) electrons. The van der Waals surface area contributed by atoms with E-state index in [1.165, 1.54) is 23.6 Å². The molecule has 2 atom stereocenters. The Labute approximate surface area is 129 Å². The summed E-state index contributed by atoms with van der Waals surface area (Å²) < 4.78 is 26.2. The van der Waals surface area contributed by atoms with Crippen molar-refractivity contribution in [2.75, 3.05) is 20.1 Å². The Balaban J connectivity index is 1.78. The standard InChI is InChI=1S/C14H30N4O2S/c1-12-6-4-7-13(2)18(12)16-21(19,20)17(3)11-5-10-15-14-8-9-14/h12-16H,4-11H2,1-3H3. The minimum Gasteiger partial charge on any atom is -0.314 e. The van der Waals surface area contributed by atoms with Gasteiger partial charge in [0.25, 0.3) is 10.2 Å². The molecule has 2 unspecified atom stereocenters. The average Bonchev–Trinajstić information content (AvgIpc) is 3.23. The number of hydrogen-bond acceptors (Lipinski definition) is 4. The fourth-order valence-electron chi connectivity index (χ4n) is 2.82. The molecule has 7 heteroatoms. The number of piperidine rings is 1. The molecule has 1 aliphatic heterocycles. The van der Waals surface area contributed by atoms with Gasteiger partial charge in [0, 0.05) is 31.7 Å². The molecule has 1 saturated heterocycles. The van der Waals surface area contributed by atoms with Gasteiger partial charge in [-0.2, -0.15) is 12.7 Å². The lowest BCUT2D eigenvalue weighted by atomic mass is 10.0. The molecule has 2 aliphatic rings. The molecule has 0 aromatic heterocycles. The fraction of sp³-hybridized carbons (Fsp3) is 1.00. The molecule has 124 valence electrons. The molecule has 1 saturated carbocycles. The van der Waals surface area contributed by atoms with E-state index in [4.69, 9.17) is 0 Å². The van der Waals surface area contributed by atoms with Crippen LogP contribution in [0.4, 0.5) is 0 Å². The topological polar surface area (TPSA) is 64.7 Å². The Morgan fingerprint density at radius 3 is 2.33 bits per heavy atom. The van der Waals surface area contributed by atoms with Crippen LogP contribution in [0.3, 0.4) is 0 Å². The summed E-state index contributed by atoms with van der Waals surface area (Å²) in [6.45, 7) is 5.60. The van der Waals surface area contributed by atoms with Crippen LogP contribution in [0.15, 0.2) is 0 Å². The van der Waals surface area contributed by atoms with Crippen LogP contribution in [0.1, 0.15) is 52.4 Å². The highest BCUT2D eigenvalue weighted by atomic mass is 32.2. The van der Waals surface area contributed by atoms with Crippen molar-refractivity contribution in [2.24, 2.45) is 0 Å². The molecule has 6 nitrogen and oxygen atoms in total. The summed E-state index contributed by atoms with van der Waals surface area (Å²) in [6, 6.07) is 1.20. The van der Waals surface area contributed by atoms with E-state index in [2.05, 4.69) is 24.0 Å². The number of hydrazine groups is 1. The maximum atomic E-state index is 12.4. The zero-order valence-electron chi connectivity index (χ0n) is 13.5. The Morgan fingerprint density at radius 2 is 1.76 bits per heavy atom. The van der Waals surface area contributed by atoms with Crippen molar-refractivity contribution in [3.8, 4) is 0 Å². The first kappa shape index (κ1) is 17.1. The van der Waals surface area contributed by atoms with Crippen LogP contribution < -0.4 is 10.1 Å². The van der Waals surface area contributed by atoms with Crippen molar-refractivity contribution in [3.63, 3.8) is 0 Å². The first-order chi connectivity index (χ1) is 9.90. The van der Waals surface area contributed by atoms with Gasteiger partial charge in [-0.05, 0) is 52.5 Å². The van der Waals surface area contributed by atoms with Crippen molar-refractivity contribution in [2.45, 2.75) is 70.5 Å². The minimum atomic E-state index is -3.43. The average molecular weight is 318 g/mol. The van der Waals surface area contributed by atoms with Crippen molar-refractivity contribution in [3.05, 3.63) is 0 Å². The highest BCUT2D eigenvalue weighted by Gasteiger charge is 2.30. The zero-order chi connectivity index (χ0) is 15.5. The maximum Gasteiger partial charge on any atom is 0.292 e. The van der Waals surface area contributed by atoms with Gasteiger partial charge in [0.2, 0.25) is 0 Å². The fourth-order valence-corrected chi connectivity index (χ4v) is 3.95. The molecule has 2 rings (SSSR count). The molecule has 0 spiro atoms. The Kier molecular flexibility index (Phi) is 6.02. The second kappa shape index (κ2) is 7.37. The van der Waals surface area contributed by atoms with Crippen molar-refractivity contribution < 1.29 is 8.42 Å². The monoisotopic (exact) mass is 318 g/mol. The predicted octanol–water partition coefficient (Wildman–Crippen LogP) is 1.07.